The number of hydrogen-bond donors (Lipinski definition) is 2. The molecule has 216 valence electrons. The molecule has 1 atom stereocenters. The SMILES string of the molecule is Cc1cc(C#N)cc(C(C)C)c1-n1c(=O)nc(N2CCN(C(=O)O)C[C@@H]2C)c2cc(F)c(-c3c(O)cccc3F)nc21. The van der Waals surface area contributed by atoms with E-state index >= 15 is 4.39 Å². The summed E-state index contributed by atoms with van der Waals surface area (Å²) in [4.78, 5) is 37.3. The van der Waals surface area contributed by atoms with Gasteiger partial charge in [-0.25, -0.2) is 27.9 Å². The minimum Gasteiger partial charge on any atom is -0.507 e. The number of aromatic hydroxyl groups is 1. The highest BCUT2D eigenvalue weighted by molar-refractivity contribution is 5.91. The lowest BCUT2D eigenvalue weighted by Crippen LogP contribution is -2.54. The van der Waals surface area contributed by atoms with Gasteiger partial charge in [-0.05, 0) is 61.2 Å². The monoisotopic (exact) mass is 574 g/mol. The molecule has 42 heavy (non-hydrogen) atoms. The lowest BCUT2D eigenvalue weighted by atomic mass is 9.95. The van der Waals surface area contributed by atoms with Crippen LogP contribution in [0.25, 0.3) is 28.0 Å². The van der Waals surface area contributed by atoms with Gasteiger partial charge in [0.05, 0.1) is 28.3 Å². The van der Waals surface area contributed by atoms with Crippen molar-refractivity contribution in [2.24, 2.45) is 0 Å². The fourth-order valence-electron chi connectivity index (χ4n) is 5.51. The summed E-state index contributed by atoms with van der Waals surface area (Å²) >= 11 is 0. The number of phenolic OH excluding ortho intramolecular Hbond substituents is 1. The van der Waals surface area contributed by atoms with Gasteiger partial charge in [-0.15, -0.1) is 0 Å². The molecule has 2 aromatic heterocycles. The fraction of sp³-hybridized carbons (Fsp3) is 0.300. The quantitative estimate of drug-likeness (QED) is 0.351. The number of carboxylic acid groups (broad SMARTS) is 1. The van der Waals surface area contributed by atoms with Crippen LogP contribution >= 0.6 is 0 Å². The Balaban J connectivity index is 1.88. The second-order valence-electron chi connectivity index (χ2n) is 10.6. The average Bonchev–Trinajstić information content (AvgIpc) is 2.93. The van der Waals surface area contributed by atoms with Crippen molar-refractivity contribution >= 4 is 22.9 Å². The molecule has 10 nitrogen and oxygen atoms in total. The smallest absolute Gasteiger partial charge is 0.407 e. The number of phenols is 1. The molecule has 1 aliphatic rings. The van der Waals surface area contributed by atoms with Crippen LogP contribution in [0.3, 0.4) is 0 Å². The molecule has 0 saturated carbocycles. The number of aryl methyl sites for hydroxylation is 1. The number of piperazine rings is 1. The molecule has 1 amide bonds. The molecule has 0 unspecified atom stereocenters. The third-order valence-corrected chi connectivity index (χ3v) is 7.50. The van der Waals surface area contributed by atoms with Gasteiger partial charge in [-0.2, -0.15) is 10.2 Å². The maximum atomic E-state index is 15.8. The van der Waals surface area contributed by atoms with Crippen molar-refractivity contribution < 1.29 is 23.8 Å². The van der Waals surface area contributed by atoms with Crippen LogP contribution in [0, 0.1) is 29.9 Å². The molecule has 2 N–H and O–H groups in total. The van der Waals surface area contributed by atoms with Gasteiger partial charge in [-0.1, -0.05) is 19.9 Å². The second kappa shape index (κ2) is 10.7. The Bertz CT molecular complexity index is 1830. The van der Waals surface area contributed by atoms with Crippen molar-refractivity contribution in [1.82, 2.24) is 19.4 Å². The maximum Gasteiger partial charge on any atom is 0.407 e. The molecule has 2 aromatic carbocycles. The third-order valence-electron chi connectivity index (χ3n) is 7.50. The molecule has 3 heterocycles. The summed E-state index contributed by atoms with van der Waals surface area (Å²) < 4.78 is 31.9. The molecular formula is C30H28F2N6O4. The van der Waals surface area contributed by atoms with Crippen LogP contribution in [-0.2, 0) is 0 Å². The highest BCUT2D eigenvalue weighted by Crippen LogP contribution is 2.37. The van der Waals surface area contributed by atoms with E-state index in [2.05, 4.69) is 16.0 Å². The first-order valence-corrected chi connectivity index (χ1v) is 13.3. The van der Waals surface area contributed by atoms with E-state index in [1.807, 2.05) is 13.8 Å². The van der Waals surface area contributed by atoms with Crippen LogP contribution in [0.1, 0.15) is 43.4 Å². The largest absolute Gasteiger partial charge is 0.507 e. The Morgan fingerprint density at radius 3 is 2.50 bits per heavy atom. The Morgan fingerprint density at radius 1 is 1.14 bits per heavy atom. The molecule has 1 saturated heterocycles. The van der Waals surface area contributed by atoms with Gasteiger partial charge in [0, 0.05) is 25.7 Å². The van der Waals surface area contributed by atoms with Gasteiger partial charge >= 0.3 is 11.8 Å². The van der Waals surface area contributed by atoms with Gasteiger partial charge in [0.25, 0.3) is 0 Å². The number of anilines is 1. The Kier molecular flexibility index (Phi) is 7.28. The molecule has 0 spiro atoms. The van der Waals surface area contributed by atoms with Crippen LogP contribution in [0.4, 0.5) is 19.4 Å². The van der Waals surface area contributed by atoms with Gasteiger partial charge in [0.2, 0.25) is 0 Å². The number of benzene rings is 2. The van der Waals surface area contributed by atoms with Gasteiger partial charge in [0.1, 0.15) is 23.1 Å². The van der Waals surface area contributed by atoms with Crippen molar-refractivity contribution in [3.63, 3.8) is 0 Å². The summed E-state index contributed by atoms with van der Waals surface area (Å²) in [6.45, 7) is 7.74. The molecule has 5 rings (SSSR count). The van der Waals surface area contributed by atoms with E-state index in [0.29, 0.717) is 22.4 Å². The number of amides is 1. The number of pyridine rings is 1. The number of fused-ring (bicyclic) bond motifs is 1. The normalized spacial score (nSPS) is 15.3. The standard InChI is InChI=1S/C30H28F2N6O4/c1-15(2)19-11-18(13-33)10-16(3)26(19)38-28-20(12-22(32)25(34-28)24-21(31)6-5-7-23(24)39)27(35-29(38)40)37-9-8-36(30(41)42)14-17(37)4/h5-7,10-12,15,17,39H,8-9,14H2,1-4H3,(H,41,42)/t17-/m0/s1. The number of halogens is 2. The third kappa shape index (κ3) is 4.76. The molecule has 0 bridgehead atoms. The number of rotatable bonds is 4. The van der Waals surface area contributed by atoms with Crippen molar-refractivity contribution in [1.29, 1.82) is 5.26 Å². The van der Waals surface area contributed by atoms with Gasteiger partial charge in [0.15, 0.2) is 11.5 Å². The van der Waals surface area contributed by atoms with E-state index in [9.17, 15) is 29.5 Å². The van der Waals surface area contributed by atoms with Crippen LogP contribution in [0.2, 0.25) is 0 Å². The molecule has 1 fully saturated rings. The molecule has 0 aliphatic carbocycles. The molecule has 12 heteroatoms. The molecule has 1 aliphatic heterocycles. The Morgan fingerprint density at radius 2 is 1.88 bits per heavy atom. The molecular weight excluding hydrogens is 546 g/mol. The lowest BCUT2D eigenvalue weighted by Gasteiger charge is -2.39. The highest BCUT2D eigenvalue weighted by Gasteiger charge is 2.31. The van der Waals surface area contributed by atoms with Crippen molar-refractivity contribution in [3.05, 3.63) is 75.2 Å². The number of nitriles is 1. The van der Waals surface area contributed by atoms with Crippen LogP contribution in [-0.4, -0.2) is 61.4 Å². The van der Waals surface area contributed by atoms with Crippen molar-refractivity contribution in [2.75, 3.05) is 24.5 Å². The Labute approximate surface area is 239 Å². The zero-order chi connectivity index (χ0) is 30.5. The van der Waals surface area contributed by atoms with Crippen LogP contribution in [0.15, 0.2) is 41.2 Å². The number of nitrogens with zero attached hydrogens (tertiary/aromatic N) is 6. The highest BCUT2D eigenvalue weighted by atomic mass is 19.1. The predicted octanol–water partition coefficient (Wildman–Crippen LogP) is 4.92. The predicted molar refractivity (Wildman–Crippen MR) is 152 cm³/mol. The topological polar surface area (TPSA) is 136 Å². The number of carbonyl (C=O) groups is 1. The van der Waals surface area contributed by atoms with E-state index in [4.69, 9.17) is 0 Å². The zero-order valence-corrected chi connectivity index (χ0v) is 23.4. The summed E-state index contributed by atoms with van der Waals surface area (Å²) in [6, 6.07) is 9.65. The Hall–Kier alpha value is -5.05. The van der Waals surface area contributed by atoms with Crippen LogP contribution in [0.5, 0.6) is 5.75 Å². The summed E-state index contributed by atoms with van der Waals surface area (Å²) in [5.74, 6) is -2.42. The van der Waals surface area contributed by atoms with E-state index < -0.39 is 46.5 Å². The molecule has 0 radical (unpaired) electrons. The summed E-state index contributed by atoms with van der Waals surface area (Å²) in [7, 11) is 0. The first-order chi connectivity index (χ1) is 19.9. The first-order valence-electron chi connectivity index (χ1n) is 13.3. The van der Waals surface area contributed by atoms with Gasteiger partial charge in [-0.3, -0.25) is 0 Å². The number of aromatic nitrogens is 3. The van der Waals surface area contributed by atoms with E-state index in [0.717, 1.165) is 12.1 Å². The molecule has 4 aromatic rings. The van der Waals surface area contributed by atoms with E-state index in [1.165, 1.54) is 21.6 Å². The summed E-state index contributed by atoms with van der Waals surface area (Å²) in [6.07, 6.45) is -1.07. The van der Waals surface area contributed by atoms with Crippen LogP contribution < -0.4 is 10.6 Å². The zero-order valence-electron chi connectivity index (χ0n) is 23.4. The second-order valence-corrected chi connectivity index (χ2v) is 10.6. The van der Waals surface area contributed by atoms with Gasteiger partial charge < -0.3 is 20.0 Å². The minimum atomic E-state index is -1.07. The summed E-state index contributed by atoms with van der Waals surface area (Å²) in [5.41, 5.74) is 0.278. The minimum absolute atomic E-state index is 0.0355. The van der Waals surface area contributed by atoms with E-state index in [1.54, 1.807) is 30.9 Å². The summed E-state index contributed by atoms with van der Waals surface area (Å²) in [5, 5.41) is 29.6. The average molecular weight is 575 g/mol. The van der Waals surface area contributed by atoms with Crippen molar-refractivity contribution in [2.45, 2.75) is 39.7 Å². The number of hydrogen-bond acceptors (Lipinski definition) is 7. The van der Waals surface area contributed by atoms with Crippen molar-refractivity contribution in [3.8, 4) is 28.8 Å². The lowest BCUT2D eigenvalue weighted by molar-refractivity contribution is 0.136. The first kappa shape index (κ1) is 28.5. The fourth-order valence-corrected chi connectivity index (χ4v) is 5.51. The maximum absolute atomic E-state index is 15.8. The van der Waals surface area contributed by atoms with E-state index in [-0.39, 0.29) is 42.4 Å².